The second kappa shape index (κ2) is 9.05. The number of rotatable bonds is 8. The van der Waals surface area contributed by atoms with Gasteiger partial charge in [0.2, 0.25) is 11.7 Å². The Morgan fingerprint density at radius 1 is 1.07 bits per heavy atom. The quantitative estimate of drug-likeness (QED) is 0.620. The number of hydrogen-bond donors (Lipinski definition) is 1. The standard InChI is InChI=1S/C20H22N4O5/c1-27-16-11-13(12-17(28-2)19(16)29-3)21-18(25)9-6-10-24-20(26)14-7-4-5-8-15(14)22-23-24/h4-5,7-8,11-12H,6,9-10H2,1-3H3,(H,21,25). The number of aryl methyl sites for hydroxylation is 1. The van der Waals surface area contributed by atoms with Crippen molar-refractivity contribution < 1.29 is 19.0 Å². The molecule has 3 rings (SSSR count). The average Bonchev–Trinajstić information content (AvgIpc) is 2.74. The van der Waals surface area contributed by atoms with Gasteiger partial charge in [-0.25, -0.2) is 4.68 Å². The zero-order valence-corrected chi connectivity index (χ0v) is 16.5. The van der Waals surface area contributed by atoms with Crippen LogP contribution in [0.25, 0.3) is 10.9 Å². The van der Waals surface area contributed by atoms with Crippen LogP contribution in [0.15, 0.2) is 41.2 Å². The van der Waals surface area contributed by atoms with Crippen molar-refractivity contribution in [1.82, 2.24) is 15.0 Å². The fourth-order valence-electron chi connectivity index (χ4n) is 2.94. The molecule has 0 saturated carbocycles. The number of hydrogen-bond acceptors (Lipinski definition) is 7. The zero-order chi connectivity index (χ0) is 20.8. The van der Waals surface area contributed by atoms with Crippen molar-refractivity contribution >= 4 is 22.5 Å². The Bertz CT molecular complexity index is 1050. The first-order valence-electron chi connectivity index (χ1n) is 8.99. The molecule has 0 unspecified atom stereocenters. The molecule has 29 heavy (non-hydrogen) atoms. The third-order valence-corrected chi connectivity index (χ3v) is 4.35. The molecule has 0 aliphatic carbocycles. The van der Waals surface area contributed by atoms with Gasteiger partial charge >= 0.3 is 0 Å². The predicted molar refractivity (Wildman–Crippen MR) is 108 cm³/mol. The summed E-state index contributed by atoms with van der Waals surface area (Å²) in [6.45, 7) is 0.291. The molecule has 0 radical (unpaired) electrons. The van der Waals surface area contributed by atoms with Crippen molar-refractivity contribution in [2.24, 2.45) is 0 Å². The Hall–Kier alpha value is -3.62. The van der Waals surface area contributed by atoms with Crippen molar-refractivity contribution in [3.8, 4) is 17.2 Å². The number of carbonyl (C=O) groups is 1. The third kappa shape index (κ3) is 4.45. The van der Waals surface area contributed by atoms with E-state index in [9.17, 15) is 9.59 Å². The lowest BCUT2D eigenvalue weighted by Crippen LogP contribution is -2.25. The zero-order valence-electron chi connectivity index (χ0n) is 16.5. The van der Waals surface area contributed by atoms with Crippen LogP contribution in [-0.4, -0.2) is 42.2 Å². The highest BCUT2D eigenvalue weighted by molar-refractivity contribution is 5.91. The maximum atomic E-state index is 12.4. The summed E-state index contributed by atoms with van der Waals surface area (Å²) in [5.41, 5.74) is 0.849. The minimum Gasteiger partial charge on any atom is -0.493 e. The number of aromatic nitrogens is 3. The normalized spacial score (nSPS) is 10.6. The molecule has 1 heterocycles. The summed E-state index contributed by atoms with van der Waals surface area (Å²) in [6.07, 6.45) is 0.640. The van der Waals surface area contributed by atoms with E-state index < -0.39 is 0 Å². The van der Waals surface area contributed by atoms with Gasteiger partial charge in [-0.3, -0.25) is 9.59 Å². The SMILES string of the molecule is COc1cc(NC(=O)CCCn2nnc3ccccc3c2=O)cc(OC)c1OC. The highest BCUT2D eigenvalue weighted by Crippen LogP contribution is 2.39. The molecular formula is C20H22N4O5. The molecule has 0 saturated heterocycles. The lowest BCUT2D eigenvalue weighted by Gasteiger charge is -2.14. The molecule has 152 valence electrons. The molecule has 1 aromatic heterocycles. The number of benzene rings is 2. The first-order valence-corrected chi connectivity index (χ1v) is 8.99. The van der Waals surface area contributed by atoms with E-state index in [1.807, 2.05) is 0 Å². The van der Waals surface area contributed by atoms with Gasteiger partial charge in [0.1, 0.15) is 5.52 Å². The van der Waals surface area contributed by atoms with Crippen LogP contribution in [0, 0.1) is 0 Å². The molecule has 9 nitrogen and oxygen atoms in total. The van der Waals surface area contributed by atoms with Crippen molar-refractivity contribution in [3.05, 3.63) is 46.8 Å². The van der Waals surface area contributed by atoms with Crippen LogP contribution in [0.1, 0.15) is 12.8 Å². The van der Waals surface area contributed by atoms with Crippen LogP contribution >= 0.6 is 0 Å². The lowest BCUT2D eigenvalue weighted by atomic mass is 10.2. The Morgan fingerprint density at radius 2 is 1.76 bits per heavy atom. The molecule has 1 amide bonds. The van der Waals surface area contributed by atoms with E-state index in [1.165, 1.54) is 26.0 Å². The second-order valence-corrected chi connectivity index (χ2v) is 6.20. The summed E-state index contributed by atoms with van der Waals surface area (Å²) in [4.78, 5) is 24.7. The van der Waals surface area contributed by atoms with Gasteiger partial charge in [-0.1, -0.05) is 17.3 Å². The van der Waals surface area contributed by atoms with E-state index in [4.69, 9.17) is 14.2 Å². The number of amides is 1. The minimum absolute atomic E-state index is 0.206. The van der Waals surface area contributed by atoms with E-state index in [-0.39, 0.29) is 17.9 Å². The Labute approximate surface area is 167 Å². The van der Waals surface area contributed by atoms with Crippen molar-refractivity contribution in [1.29, 1.82) is 0 Å². The lowest BCUT2D eigenvalue weighted by molar-refractivity contribution is -0.116. The molecule has 0 aliphatic rings. The van der Waals surface area contributed by atoms with E-state index >= 15 is 0 Å². The number of fused-ring (bicyclic) bond motifs is 1. The fourth-order valence-corrected chi connectivity index (χ4v) is 2.94. The maximum Gasteiger partial charge on any atom is 0.277 e. The average molecular weight is 398 g/mol. The summed E-state index contributed by atoms with van der Waals surface area (Å²) >= 11 is 0. The molecular weight excluding hydrogens is 376 g/mol. The summed E-state index contributed by atoms with van der Waals surface area (Å²) in [7, 11) is 4.52. The Balaban J connectivity index is 1.63. The highest BCUT2D eigenvalue weighted by atomic mass is 16.5. The molecule has 2 aromatic carbocycles. The smallest absolute Gasteiger partial charge is 0.277 e. The number of nitrogens with zero attached hydrogens (tertiary/aromatic N) is 3. The first kappa shape index (κ1) is 20.1. The summed E-state index contributed by atoms with van der Waals surface area (Å²) in [5.74, 6) is 1.13. The maximum absolute atomic E-state index is 12.4. The van der Waals surface area contributed by atoms with Crippen LogP contribution in [0.5, 0.6) is 17.2 Å². The number of carbonyl (C=O) groups excluding carboxylic acids is 1. The van der Waals surface area contributed by atoms with Gasteiger partial charge < -0.3 is 19.5 Å². The molecule has 3 aromatic rings. The van der Waals surface area contributed by atoms with Crippen molar-refractivity contribution in [3.63, 3.8) is 0 Å². The molecule has 0 spiro atoms. The number of nitrogens with one attached hydrogen (secondary N) is 1. The van der Waals surface area contributed by atoms with E-state index in [0.717, 1.165) is 0 Å². The second-order valence-electron chi connectivity index (χ2n) is 6.20. The summed E-state index contributed by atoms with van der Waals surface area (Å²) in [5, 5.41) is 11.3. The molecule has 0 aliphatic heterocycles. The largest absolute Gasteiger partial charge is 0.493 e. The monoisotopic (exact) mass is 398 g/mol. The fraction of sp³-hybridized carbons (Fsp3) is 0.300. The van der Waals surface area contributed by atoms with Gasteiger partial charge in [-0.15, -0.1) is 5.10 Å². The van der Waals surface area contributed by atoms with Gasteiger partial charge in [-0.2, -0.15) is 0 Å². The summed E-state index contributed by atoms with van der Waals surface area (Å²) < 4.78 is 17.1. The predicted octanol–water partition coefficient (Wildman–Crippen LogP) is 2.24. The van der Waals surface area contributed by atoms with Crippen LogP contribution in [-0.2, 0) is 11.3 Å². The van der Waals surface area contributed by atoms with Gasteiger partial charge in [0, 0.05) is 30.8 Å². The van der Waals surface area contributed by atoms with Gasteiger partial charge in [0.25, 0.3) is 5.56 Å². The van der Waals surface area contributed by atoms with Crippen LogP contribution in [0.2, 0.25) is 0 Å². The number of methoxy groups -OCH3 is 3. The van der Waals surface area contributed by atoms with E-state index in [2.05, 4.69) is 15.6 Å². The third-order valence-electron chi connectivity index (χ3n) is 4.35. The van der Waals surface area contributed by atoms with Crippen LogP contribution in [0.4, 0.5) is 5.69 Å². The van der Waals surface area contributed by atoms with Crippen LogP contribution < -0.4 is 25.1 Å². The Morgan fingerprint density at radius 3 is 2.41 bits per heavy atom. The Kier molecular flexibility index (Phi) is 6.28. The minimum atomic E-state index is -0.222. The molecule has 0 atom stereocenters. The summed E-state index contributed by atoms with van der Waals surface area (Å²) in [6, 6.07) is 10.3. The highest BCUT2D eigenvalue weighted by Gasteiger charge is 2.14. The number of ether oxygens (including phenoxy) is 3. The van der Waals surface area contributed by atoms with Gasteiger partial charge in [0.15, 0.2) is 11.5 Å². The van der Waals surface area contributed by atoms with Crippen molar-refractivity contribution in [2.75, 3.05) is 26.6 Å². The number of anilines is 1. The van der Waals surface area contributed by atoms with Crippen molar-refractivity contribution in [2.45, 2.75) is 19.4 Å². The molecule has 0 fully saturated rings. The first-order chi connectivity index (χ1) is 14.1. The van der Waals surface area contributed by atoms with Gasteiger partial charge in [-0.05, 0) is 18.6 Å². The van der Waals surface area contributed by atoms with E-state index in [1.54, 1.807) is 36.4 Å². The van der Waals surface area contributed by atoms with Gasteiger partial charge in [0.05, 0.1) is 26.7 Å². The molecule has 9 heteroatoms. The molecule has 0 bridgehead atoms. The van der Waals surface area contributed by atoms with E-state index in [0.29, 0.717) is 46.8 Å². The topological polar surface area (TPSA) is 105 Å². The molecule has 1 N–H and O–H groups in total. The van der Waals surface area contributed by atoms with Crippen LogP contribution in [0.3, 0.4) is 0 Å².